The van der Waals surface area contributed by atoms with Crippen molar-refractivity contribution in [3.8, 4) is 0 Å². The first-order valence-electron chi connectivity index (χ1n) is 5.09. The van der Waals surface area contributed by atoms with E-state index < -0.39 is 17.5 Å². The maximum absolute atomic E-state index is 13.3. The largest absolute Gasteiger partial charge is 0.321 e. The Balaban J connectivity index is 2.24. The zero-order valence-electron chi connectivity index (χ0n) is 9.08. The molecule has 2 nitrogen and oxygen atoms in total. The molecule has 1 amide bonds. The fourth-order valence-corrected chi connectivity index (χ4v) is 1.92. The molecule has 2 aromatic carbocycles. The van der Waals surface area contributed by atoms with E-state index in [-0.39, 0.29) is 5.56 Å². The number of hydrogen-bond acceptors (Lipinski definition) is 1. The van der Waals surface area contributed by atoms with E-state index in [0.29, 0.717) is 9.26 Å². The number of benzene rings is 2. The van der Waals surface area contributed by atoms with E-state index in [9.17, 15) is 13.6 Å². The van der Waals surface area contributed by atoms with E-state index in [1.54, 1.807) is 28.7 Å². The number of carbonyl (C=O) groups is 1. The van der Waals surface area contributed by atoms with Crippen molar-refractivity contribution < 1.29 is 13.6 Å². The number of nitrogens with one attached hydrogen (secondary N) is 1. The average molecular weight is 359 g/mol. The van der Waals surface area contributed by atoms with Gasteiger partial charge >= 0.3 is 0 Å². The summed E-state index contributed by atoms with van der Waals surface area (Å²) in [4.78, 5) is 11.8. The van der Waals surface area contributed by atoms with Crippen LogP contribution in [-0.2, 0) is 0 Å². The van der Waals surface area contributed by atoms with Crippen LogP contribution in [0.5, 0.6) is 0 Å². The quantitative estimate of drug-likeness (QED) is 0.812. The molecule has 2 aromatic rings. The lowest BCUT2D eigenvalue weighted by atomic mass is 10.2. The number of hydrogen-bond donors (Lipinski definition) is 1. The number of halogens is 3. The molecule has 0 unspecified atom stereocenters. The molecule has 0 aromatic heterocycles. The van der Waals surface area contributed by atoms with Crippen LogP contribution in [0.4, 0.5) is 14.5 Å². The molecule has 0 bridgehead atoms. The molecule has 0 fully saturated rings. The van der Waals surface area contributed by atoms with Crippen LogP contribution >= 0.6 is 22.6 Å². The first kappa shape index (κ1) is 12.9. The molecule has 0 spiro atoms. The van der Waals surface area contributed by atoms with Crippen LogP contribution in [0.3, 0.4) is 0 Å². The highest BCUT2D eigenvalue weighted by molar-refractivity contribution is 14.1. The van der Waals surface area contributed by atoms with E-state index in [1.807, 2.05) is 0 Å². The van der Waals surface area contributed by atoms with Crippen LogP contribution in [0, 0.1) is 15.2 Å². The molecule has 0 aliphatic rings. The smallest absolute Gasteiger partial charge is 0.255 e. The van der Waals surface area contributed by atoms with Gasteiger partial charge in [-0.2, -0.15) is 0 Å². The highest BCUT2D eigenvalue weighted by atomic mass is 127. The minimum Gasteiger partial charge on any atom is -0.321 e. The fraction of sp³-hybridized carbons (Fsp3) is 0. The molecule has 2 rings (SSSR count). The predicted molar refractivity (Wildman–Crippen MR) is 73.5 cm³/mol. The van der Waals surface area contributed by atoms with E-state index in [4.69, 9.17) is 0 Å². The Bertz CT molecular complexity index is 601. The summed E-state index contributed by atoms with van der Waals surface area (Å²) in [5.74, 6) is -1.37. The van der Waals surface area contributed by atoms with Gasteiger partial charge in [0.05, 0.1) is 9.26 Å². The van der Waals surface area contributed by atoms with Crippen molar-refractivity contribution in [1.29, 1.82) is 0 Å². The molecule has 0 heterocycles. The van der Waals surface area contributed by atoms with Gasteiger partial charge in [-0.25, -0.2) is 8.78 Å². The van der Waals surface area contributed by atoms with Crippen molar-refractivity contribution in [2.45, 2.75) is 0 Å². The van der Waals surface area contributed by atoms with E-state index >= 15 is 0 Å². The highest BCUT2D eigenvalue weighted by Gasteiger charge is 2.10. The number of rotatable bonds is 2. The first-order valence-corrected chi connectivity index (χ1v) is 6.17. The third-order valence-electron chi connectivity index (χ3n) is 2.29. The lowest BCUT2D eigenvalue weighted by Crippen LogP contribution is -2.13. The predicted octanol–water partition coefficient (Wildman–Crippen LogP) is 3.82. The number of carbonyl (C=O) groups excluding carboxylic acids is 1. The Labute approximate surface area is 116 Å². The Morgan fingerprint density at radius 3 is 2.56 bits per heavy atom. The molecular formula is C13H8F2INO. The highest BCUT2D eigenvalue weighted by Crippen LogP contribution is 2.21. The lowest BCUT2D eigenvalue weighted by molar-refractivity contribution is 0.102. The van der Waals surface area contributed by atoms with Gasteiger partial charge in [-0.1, -0.05) is 12.1 Å². The third-order valence-corrected chi connectivity index (χ3v) is 3.38. The molecule has 0 atom stereocenters. The van der Waals surface area contributed by atoms with Crippen LogP contribution in [-0.4, -0.2) is 5.91 Å². The second kappa shape index (κ2) is 5.43. The molecule has 0 aliphatic heterocycles. The fourth-order valence-electron chi connectivity index (χ4n) is 1.42. The zero-order valence-corrected chi connectivity index (χ0v) is 11.2. The summed E-state index contributed by atoms with van der Waals surface area (Å²) in [6.45, 7) is 0. The van der Waals surface area contributed by atoms with Gasteiger partial charge in [0.15, 0.2) is 0 Å². The van der Waals surface area contributed by atoms with Crippen molar-refractivity contribution in [1.82, 2.24) is 0 Å². The number of anilines is 1. The molecule has 92 valence electrons. The maximum atomic E-state index is 13.3. The van der Waals surface area contributed by atoms with Crippen LogP contribution in [0.25, 0.3) is 0 Å². The van der Waals surface area contributed by atoms with E-state index in [2.05, 4.69) is 5.32 Å². The van der Waals surface area contributed by atoms with E-state index in [0.717, 1.165) is 6.07 Å². The molecular weight excluding hydrogens is 351 g/mol. The Hall–Kier alpha value is -1.50. The van der Waals surface area contributed by atoms with Gasteiger partial charge in [0.25, 0.3) is 5.91 Å². The molecule has 5 heteroatoms. The summed E-state index contributed by atoms with van der Waals surface area (Å²) in [5.41, 5.74) is 0.555. The summed E-state index contributed by atoms with van der Waals surface area (Å²) in [6, 6.07) is 9.70. The van der Waals surface area contributed by atoms with Crippen LogP contribution in [0.1, 0.15) is 10.4 Å². The monoisotopic (exact) mass is 359 g/mol. The van der Waals surface area contributed by atoms with Crippen molar-refractivity contribution in [2.24, 2.45) is 0 Å². The Kier molecular flexibility index (Phi) is 3.90. The van der Waals surface area contributed by atoms with Crippen LogP contribution < -0.4 is 5.32 Å². The van der Waals surface area contributed by atoms with Crippen LogP contribution in [0.15, 0.2) is 42.5 Å². The van der Waals surface area contributed by atoms with Crippen molar-refractivity contribution >= 4 is 34.2 Å². The summed E-state index contributed by atoms with van der Waals surface area (Å²) >= 11 is 1.80. The third kappa shape index (κ3) is 2.84. The summed E-state index contributed by atoms with van der Waals surface area (Å²) in [7, 11) is 0. The van der Waals surface area contributed by atoms with Gasteiger partial charge in [-0.15, -0.1) is 0 Å². The van der Waals surface area contributed by atoms with Gasteiger partial charge in [-0.3, -0.25) is 4.79 Å². The van der Waals surface area contributed by atoms with Gasteiger partial charge in [0.2, 0.25) is 0 Å². The van der Waals surface area contributed by atoms with Crippen LogP contribution in [0.2, 0.25) is 0 Å². The SMILES string of the molecule is O=C(Nc1cccc(F)c1I)c1cccc(F)c1. The van der Waals surface area contributed by atoms with E-state index in [1.165, 1.54) is 30.3 Å². The normalized spacial score (nSPS) is 10.2. The topological polar surface area (TPSA) is 29.1 Å². The van der Waals surface area contributed by atoms with Crippen molar-refractivity contribution in [3.63, 3.8) is 0 Å². The van der Waals surface area contributed by atoms with Gasteiger partial charge < -0.3 is 5.32 Å². The Morgan fingerprint density at radius 2 is 1.83 bits per heavy atom. The Morgan fingerprint density at radius 1 is 1.11 bits per heavy atom. The summed E-state index contributed by atoms with van der Waals surface area (Å²) in [6.07, 6.45) is 0. The lowest BCUT2D eigenvalue weighted by Gasteiger charge is -2.07. The molecule has 18 heavy (non-hydrogen) atoms. The standard InChI is InChI=1S/C13H8F2INO/c14-9-4-1-3-8(7-9)13(18)17-11-6-2-5-10(15)12(11)16/h1-7H,(H,17,18). The molecule has 0 saturated carbocycles. The van der Waals surface area contributed by atoms with Gasteiger partial charge in [-0.05, 0) is 52.9 Å². The second-order valence-electron chi connectivity index (χ2n) is 3.57. The van der Waals surface area contributed by atoms with Gasteiger partial charge in [0, 0.05) is 5.56 Å². The second-order valence-corrected chi connectivity index (χ2v) is 4.64. The zero-order chi connectivity index (χ0) is 13.1. The number of amides is 1. The molecule has 0 saturated heterocycles. The minimum atomic E-state index is -0.489. The van der Waals surface area contributed by atoms with Crippen molar-refractivity contribution in [3.05, 3.63) is 63.2 Å². The van der Waals surface area contributed by atoms with Gasteiger partial charge in [0.1, 0.15) is 11.6 Å². The summed E-state index contributed by atoms with van der Waals surface area (Å²) in [5, 5.41) is 2.54. The molecule has 0 aliphatic carbocycles. The van der Waals surface area contributed by atoms with Crippen molar-refractivity contribution in [2.75, 3.05) is 5.32 Å². The molecule has 1 N–H and O–H groups in total. The first-order chi connectivity index (χ1) is 8.58. The summed E-state index contributed by atoms with van der Waals surface area (Å²) < 4.78 is 26.6. The minimum absolute atomic E-state index is 0.190. The molecule has 0 radical (unpaired) electrons. The average Bonchev–Trinajstić information content (AvgIpc) is 2.35. The maximum Gasteiger partial charge on any atom is 0.255 e.